The van der Waals surface area contributed by atoms with E-state index in [1.807, 2.05) is 0 Å². The molecule has 1 spiro atoms. The maximum Gasteiger partial charge on any atom is 0.161 e. The van der Waals surface area contributed by atoms with Gasteiger partial charge in [0.05, 0.1) is 14.2 Å². The lowest BCUT2D eigenvalue weighted by Crippen LogP contribution is -2.33. The minimum Gasteiger partial charge on any atom is -0.493 e. The molecule has 1 N–H and O–H groups in total. The van der Waals surface area contributed by atoms with Gasteiger partial charge in [0, 0.05) is 18.5 Å². The number of hydrogen-bond acceptors (Lipinski definition) is 3. The van der Waals surface area contributed by atoms with Crippen LogP contribution in [0, 0.1) is 0 Å². The highest BCUT2D eigenvalue weighted by Crippen LogP contribution is 2.52. The number of hydrogen-bond donors (Lipinski definition) is 1. The SMILES string of the molecule is COc1cc2c(cc1OC)C1(CC1)CNC2.Cl. The van der Waals surface area contributed by atoms with Gasteiger partial charge in [0.2, 0.25) is 0 Å². The van der Waals surface area contributed by atoms with Crippen molar-refractivity contribution in [2.24, 2.45) is 0 Å². The van der Waals surface area contributed by atoms with Gasteiger partial charge >= 0.3 is 0 Å². The molecule has 17 heavy (non-hydrogen) atoms. The third-order valence-corrected chi connectivity index (χ3v) is 3.81. The molecule has 3 rings (SSSR count). The molecule has 0 aromatic heterocycles. The Hall–Kier alpha value is -0.930. The first kappa shape index (κ1) is 12.5. The first-order valence-electron chi connectivity index (χ1n) is 5.75. The van der Waals surface area contributed by atoms with Crippen LogP contribution in [-0.2, 0) is 12.0 Å². The van der Waals surface area contributed by atoms with Gasteiger partial charge in [0.15, 0.2) is 11.5 Å². The van der Waals surface area contributed by atoms with Crippen LogP contribution in [0.5, 0.6) is 11.5 Å². The molecule has 0 saturated heterocycles. The molecule has 0 atom stereocenters. The van der Waals surface area contributed by atoms with Crippen molar-refractivity contribution in [1.29, 1.82) is 0 Å². The number of benzene rings is 1. The Morgan fingerprint density at radius 1 is 1.12 bits per heavy atom. The maximum atomic E-state index is 5.38. The van der Waals surface area contributed by atoms with E-state index in [1.54, 1.807) is 14.2 Å². The third kappa shape index (κ3) is 1.87. The highest BCUT2D eigenvalue weighted by Gasteiger charge is 2.47. The Morgan fingerprint density at radius 2 is 1.76 bits per heavy atom. The molecule has 1 fully saturated rings. The number of nitrogens with one attached hydrogen (secondary N) is 1. The fourth-order valence-electron chi connectivity index (χ4n) is 2.69. The van der Waals surface area contributed by atoms with Crippen molar-refractivity contribution >= 4 is 12.4 Å². The summed E-state index contributed by atoms with van der Waals surface area (Å²) in [6.45, 7) is 2.05. The van der Waals surface area contributed by atoms with Crippen molar-refractivity contribution in [3.8, 4) is 11.5 Å². The number of rotatable bonds is 2. The third-order valence-electron chi connectivity index (χ3n) is 3.81. The van der Waals surface area contributed by atoms with Crippen LogP contribution in [-0.4, -0.2) is 20.8 Å². The van der Waals surface area contributed by atoms with E-state index in [9.17, 15) is 0 Å². The van der Waals surface area contributed by atoms with E-state index in [0.717, 1.165) is 24.6 Å². The fourth-order valence-corrected chi connectivity index (χ4v) is 2.69. The largest absolute Gasteiger partial charge is 0.493 e. The van der Waals surface area contributed by atoms with E-state index >= 15 is 0 Å². The standard InChI is InChI=1S/C13H17NO2.ClH/c1-15-11-5-9-7-14-8-13(3-4-13)10(9)6-12(11)16-2;/h5-6,14H,3-4,7-8H2,1-2H3;1H. The molecule has 1 aromatic carbocycles. The van der Waals surface area contributed by atoms with Crippen LogP contribution < -0.4 is 14.8 Å². The van der Waals surface area contributed by atoms with Crippen molar-refractivity contribution in [1.82, 2.24) is 5.32 Å². The molecule has 0 amide bonds. The van der Waals surface area contributed by atoms with E-state index in [2.05, 4.69) is 17.4 Å². The zero-order valence-electron chi connectivity index (χ0n) is 10.2. The molecule has 94 valence electrons. The summed E-state index contributed by atoms with van der Waals surface area (Å²) in [6.07, 6.45) is 2.59. The van der Waals surface area contributed by atoms with Crippen LogP contribution in [0.25, 0.3) is 0 Å². The van der Waals surface area contributed by atoms with Gasteiger partial charge in [-0.25, -0.2) is 0 Å². The summed E-state index contributed by atoms with van der Waals surface area (Å²) < 4.78 is 10.7. The van der Waals surface area contributed by atoms with E-state index in [1.165, 1.54) is 24.0 Å². The van der Waals surface area contributed by atoms with Gasteiger partial charge in [0.25, 0.3) is 0 Å². The summed E-state index contributed by atoms with van der Waals surface area (Å²) in [6, 6.07) is 4.28. The smallest absolute Gasteiger partial charge is 0.161 e. The summed E-state index contributed by atoms with van der Waals surface area (Å²) >= 11 is 0. The normalized spacial score (nSPS) is 19.2. The average Bonchev–Trinajstić information content (AvgIpc) is 3.09. The second-order valence-corrected chi connectivity index (χ2v) is 4.75. The van der Waals surface area contributed by atoms with E-state index < -0.39 is 0 Å². The molecule has 0 bridgehead atoms. The topological polar surface area (TPSA) is 30.5 Å². The van der Waals surface area contributed by atoms with Crippen LogP contribution in [0.1, 0.15) is 24.0 Å². The Labute approximate surface area is 108 Å². The lowest BCUT2D eigenvalue weighted by molar-refractivity contribution is 0.352. The van der Waals surface area contributed by atoms with Crippen molar-refractivity contribution in [3.63, 3.8) is 0 Å². The van der Waals surface area contributed by atoms with Crippen molar-refractivity contribution < 1.29 is 9.47 Å². The summed E-state index contributed by atoms with van der Waals surface area (Å²) in [4.78, 5) is 0. The van der Waals surface area contributed by atoms with Gasteiger partial charge in [-0.15, -0.1) is 12.4 Å². The zero-order valence-corrected chi connectivity index (χ0v) is 11.0. The monoisotopic (exact) mass is 255 g/mol. The molecule has 2 aliphatic rings. The van der Waals surface area contributed by atoms with Crippen LogP contribution in [0.15, 0.2) is 12.1 Å². The van der Waals surface area contributed by atoms with E-state index in [4.69, 9.17) is 9.47 Å². The van der Waals surface area contributed by atoms with Crippen molar-refractivity contribution in [3.05, 3.63) is 23.3 Å². The Morgan fingerprint density at radius 3 is 2.35 bits per heavy atom. The van der Waals surface area contributed by atoms with E-state index in [-0.39, 0.29) is 12.4 Å². The quantitative estimate of drug-likeness (QED) is 0.879. The van der Waals surface area contributed by atoms with Crippen LogP contribution in [0.2, 0.25) is 0 Å². The summed E-state index contributed by atoms with van der Waals surface area (Å²) in [5.41, 5.74) is 3.22. The molecular formula is C13H18ClNO2. The Balaban J connectivity index is 0.00000108. The number of methoxy groups -OCH3 is 2. The minimum atomic E-state index is 0. The van der Waals surface area contributed by atoms with E-state index in [0.29, 0.717) is 5.41 Å². The Bertz CT molecular complexity index is 430. The molecular weight excluding hydrogens is 238 g/mol. The van der Waals surface area contributed by atoms with Crippen molar-refractivity contribution in [2.75, 3.05) is 20.8 Å². The predicted molar refractivity (Wildman–Crippen MR) is 69.4 cm³/mol. The number of halogens is 1. The molecule has 1 aliphatic heterocycles. The lowest BCUT2D eigenvalue weighted by Gasteiger charge is -2.27. The number of fused-ring (bicyclic) bond motifs is 2. The fraction of sp³-hybridized carbons (Fsp3) is 0.538. The van der Waals surface area contributed by atoms with Gasteiger partial charge in [-0.05, 0) is 36.1 Å². The van der Waals surface area contributed by atoms with Gasteiger partial charge in [-0.1, -0.05) is 0 Å². The Kier molecular flexibility index (Phi) is 3.23. The van der Waals surface area contributed by atoms with Crippen LogP contribution >= 0.6 is 12.4 Å². The lowest BCUT2D eigenvalue weighted by atomic mass is 9.87. The molecule has 3 nitrogen and oxygen atoms in total. The zero-order chi connectivity index (χ0) is 11.2. The van der Waals surface area contributed by atoms with Crippen molar-refractivity contribution in [2.45, 2.75) is 24.8 Å². The first-order chi connectivity index (χ1) is 7.79. The molecule has 0 unspecified atom stereocenters. The summed E-state index contributed by atoms with van der Waals surface area (Å²) in [7, 11) is 3.39. The first-order valence-corrected chi connectivity index (χ1v) is 5.75. The molecule has 1 heterocycles. The summed E-state index contributed by atoms with van der Waals surface area (Å²) in [5, 5.41) is 3.49. The highest BCUT2D eigenvalue weighted by molar-refractivity contribution is 5.85. The number of ether oxygens (including phenoxy) is 2. The molecule has 4 heteroatoms. The minimum absolute atomic E-state index is 0. The highest BCUT2D eigenvalue weighted by atomic mass is 35.5. The molecule has 1 saturated carbocycles. The molecule has 0 radical (unpaired) electrons. The van der Waals surface area contributed by atoms with Gasteiger partial charge in [-0.3, -0.25) is 0 Å². The van der Waals surface area contributed by atoms with Crippen LogP contribution in [0.4, 0.5) is 0 Å². The second-order valence-electron chi connectivity index (χ2n) is 4.75. The van der Waals surface area contributed by atoms with Gasteiger partial charge < -0.3 is 14.8 Å². The van der Waals surface area contributed by atoms with Crippen LogP contribution in [0.3, 0.4) is 0 Å². The maximum absolute atomic E-state index is 5.38. The van der Waals surface area contributed by atoms with Gasteiger partial charge in [0.1, 0.15) is 0 Å². The molecule has 1 aliphatic carbocycles. The average molecular weight is 256 g/mol. The molecule has 1 aromatic rings. The van der Waals surface area contributed by atoms with Gasteiger partial charge in [-0.2, -0.15) is 0 Å². The predicted octanol–water partition coefficient (Wildman–Crippen LogP) is 2.26. The summed E-state index contributed by atoms with van der Waals surface area (Å²) in [5.74, 6) is 1.69. The second kappa shape index (κ2) is 4.39.